The predicted molar refractivity (Wildman–Crippen MR) is 95.8 cm³/mol. The number of rotatable bonds is 14. The molecule has 0 rings (SSSR count). The summed E-state index contributed by atoms with van der Waals surface area (Å²) in [4.78, 5) is 57.0. The van der Waals surface area contributed by atoms with Crippen molar-refractivity contribution in [2.75, 3.05) is 19.8 Å². The fourth-order valence-electron chi connectivity index (χ4n) is 1.80. The van der Waals surface area contributed by atoms with Gasteiger partial charge in [-0.3, -0.25) is 9.59 Å². The molecule has 0 saturated heterocycles. The lowest BCUT2D eigenvalue weighted by Crippen LogP contribution is -2.59. The second kappa shape index (κ2) is 12.8. The fourth-order valence-corrected chi connectivity index (χ4v) is 1.80. The van der Waals surface area contributed by atoms with Crippen molar-refractivity contribution >= 4 is 29.8 Å². The molecule has 0 aromatic rings. The van der Waals surface area contributed by atoms with Crippen molar-refractivity contribution in [3.05, 3.63) is 38.0 Å². The third-order valence-electron chi connectivity index (χ3n) is 3.17. The number of amides is 1. The minimum atomic E-state index is -1.61. The number of aliphatic carboxylic acids is 1. The molecular formula is C18H23NO9. The SMILES string of the molecule is C=CC(=O)OCC(COC(=O)C=C)(COC(=O)C=C)NC(=O)CCCC(=O)O. The summed E-state index contributed by atoms with van der Waals surface area (Å²) in [7, 11) is 0. The topological polar surface area (TPSA) is 145 Å². The molecule has 0 aromatic carbocycles. The van der Waals surface area contributed by atoms with Crippen LogP contribution in [0.2, 0.25) is 0 Å². The molecule has 0 bridgehead atoms. The molecule has 0 heterocycles. The summed E-state index contributed by atoms with van der Waals surface area (Å²) in [6, 6.07) is 0. The Morgan fingerprint density at radius 1 is 0.786 bits per heavy atom. The van der Waals surface area contributed by atoms with E-state index in [9.17, 15) is 24.0 Å². The van der Waals surface area contributed by atoms with Crippen LogP contribution < -0.4 is 5.32 Å². The van der Waals surface area contributed by atoms with Gasteiger partial charge in [-0.15, -0.1) is 0 Å². The maximum atomic E-state index is 12.2. The summed E-state index contributed by atoms with van der Waals surface area (Å²) < 4.78 is 14.8. The third kappa shape index (κ3) is 10.5. The first kappa shape index (κ1) is 24.6. The molecule has 0 aliphatic carbocycles. The smallest absolute Gasteiger partial charge is 0.330 e. The Morgan fingerprint density at radius 2 is 1.18 bits per heavy atom. The zero-order valence-corrected chi connectivity index (χ0v) is 15.3. The Bertz CT molecular complexity index is 579. The molecule has 1 amide bonds. The first-order chi connectivity index (χ1) is 13.2. The zero-order valence-electron chi connectivity index (χ0n) is 15.3. The van der Waals surface area contributed by atoms with Gasteiger partial charge in [-0.25, -0.2) is 14.4 Å². The van der Waals surface area contributed by atoms with Gasteiger partial charge in [0.2, 0.25) is 5.91 Å². The Hall–Kier alpha value is -3.43. The second-order valence-corrected chi connectivity index (χ2v) is 5.51. The molecule has 10 heteroatoms. The highest BCUT2D eigenvalue weighted by atomic mass is 16.6. The number of hydrogen-bond acceptors (Lipinski definition) is 8. The van der Waals surface area contributed by atoms with E-state index in [0.29, 0.717) is 0 Å². The van der Waals surface area contributed by atoms with Gasteiger partial charge in [-0.2, -0.15) is 0 Å². The third-order valence-corrected chi connectivity index (χ3v) is 3.17. The minimum Gasteiger partial charge on any atom is -0.481 e. The van der Waals surface area contributed by atoms with E-state index >= 15 is 0 Å². The van der Waals surface area contributed by atoms with Crippen molar-refractivity contribution in [2.24, 2.45) is 0 Å². The van der Waals surface area contributed by atoms with E-state index in [1.807, 2.05) is 0 Å². The van der Waals surface area contributed by atoms with E-state index in [-0.39, 0.29) is 19.3 Å². The van der Waals surface area contributed by atoms with Gasteiger partial charge in [0.15, 0.2) is 0 Å². The Balaban J connectivity index is 5.41. The Morgan fingerprint density at radius 3 is 1.50 bits per heavy atom. The monoisotopic (exact) mass is 397 g/mol. The maximum absolute atomic E-state index is 12.2. The van der Waals surface area contributed by atoms with Crippen LogP contribution in [0.5, 0.6) is 0 Å². The second-order valence-electron chi connectivity index (χ2n) is 5.51. The fraction of sp³-hybridized carbons (Fsp3) is 0.389. The summed E-state index contributed by atoms with van der Waals surface area (Å²) in [6.07, 6.45) is 2.28. The van der Waals surface area contributed by atoms with Crippen LogP contribution in [0, 0.1) is 0 Å². The lowest BCUT2D eigenvalue weighted by Gasteiger charge is -2.32. The van der Waals surface area contributed by atoms with Gasteiger partial charge in [0, 0.05) is 31.1 Å². The molecule has 0 radical (unpaired) electrons. The van der Waals surface area contributed by atoms with Crippen LogP contribution in [-0.2, 0) is 38.2 Å². The minimum absolute atomic E-state index is 0.0442. The molecule has 0 fully saturated rings. The van der Waals surface area contributed by atoms with Gasteiger partial charge in [0.25, 0.3) is 0 Å². The summed E-state index contributed by atoms with van der Waals surface area (Å²) >= 11 is 0. The van der Waals surface area contributed by atoms with E-state index in [1.165, 1.54) is 0 Å². The van der Waals surface area contributed by atoms with Crippen molar-refractivity contribution in [1.29, 1.82) is 0 Å². The van der Waals surface area contributed by atoms with Crippen molar-refractivity contribution in [3.63, 3.8) is 0 Å². The molecule has 10 nitrogen and oxygen atoms in total. The molecule has 0 saturated carbocycles. The maximum Gasteiger partial charge on any atom is 0.330 e. The summed E-state index contributed by atoms with van der Waals surface area (Å²) in [5.41, 5.74) is -1.61. The lowest BCUT2D eigenvalue weighted by atomic mass is 10.0. The van der Waals surface area contributed by atoms with Crippen LogP contribution in [0.3, 0.4) is 0 Å². The van der Waals surface area contributed by atoms with E-state index in [4.69, 9.17) is 19.3 Å². The number of hydrogen-bond donors (Lipinski definition) is 2. The average Bonchev–Trinajstić information content (AvgIpc) is 2.67. The van der Waals surface area contributed by atoms with E-state index in [0.717, 1.165) is 18.2 Å². The standard InChI is InChI=1S/C18H23NO9/c1-4-15(23)26-10-18(11-27-16(24)5-2,12-28-17(25)6-3)19-13(20)8-7-9-14(21)22/h4-6H,1-3,7-12H2,(H,19,20)(H,21,22). The van der Waals surface area contributed by atoms with Crippen LogP contribution >= 0.6 is 0 Å². The number of nitrogens with one attached hydrogen (secondary N) is 1. The van der Waals surface area contributed by atoms with E-state index in [2.05, 4.69) is 25.1 Å². The van der Waals surface area contributed by atoms with Crippen molar-refractivity contribution in [3.8, 4) is 0 Å². The average molecular weight is 397 g/mol. The highest BCUT2D eigenvalue weighted by Crippen LogP contribution is 2.12. The van der Waals surface area contributed by atoms with Gasteiger partial charge >= 0.3 is 23.9 Å². The molecule has 2 N–H and O–H groups in total. The Kier molecular flexibility index (Phi) is 11.3. The molecule has 0 aromatic heterocycles. The molecule has 0 aliphatic heterocycles. The number of carbonyl (C=O) groups is 5. The van der Waals surface area contributed by atoms with Gasteiger partial charge in [0.05, 0.1) is 0 Å². The van der Waals surface area contributed by atoms with E-state index < -0.39 is 55.1 Å². The molecule has 0 spiro atoms. The van der Waals surface area contributed by atoms with Crippen LogP contribution in [0.25, 0.3) is 0 Å². The van der Waals surface area contributed by atoms with Crippen molar-refractivity contribution in [1.82, 2.24) is 5.32 Å². The largest absolute Gasteiger partial charge is 0.481 e. The molecule has 0 aliphatic rings. The number of carbonyl (C=O) groups excluding carboxylic acids is 4. The van der Waals surface area contributed by atoms with Crippen LogP contribution in [0.15, 0.2) is 38.0 Å². The van der Waals surface area contributed by atoms with Crippen LogP contribution in [-0.4, -0.2) is 60.3 Å². The summed E-state index contributed by atoms with van der Waals surface area (Å²) in [5.74, 6) is -4.17. The number of carboxylic acid groups (broad SMARTS) is 1. The van der Waals surface area contributed by atoms with Crippen molar-refractivity contribution in [2.45, 2.75) is 24.8 Å². The zero-order chi connectivity index (χ0) is 21.6. The van der Waals surface area contributed by atoms with Crippen LogP contribution in [0.1, 0.15) is 19.3 Å². The summed E-state index contributed by atoms with van der Waals surface area (Å²) in [6.45, 7) is 8.17. The molecule has 0 atom stereocenters. The first-order valence-corrected chi connectivity index (χ1v) is 8.08. The normalized spacial score (nSPS) is 10.1. The van der Waals surface area contributed by atoms with Gasteiger partial charge in [-0.05, 0) is 6.42 Å². The molecule has 0 unspecified atom stereocenters. The predicted octanol–water partition coefficient (Wildman–Crippen LogP) is 0.284. The number of esters is 3. The quantitative estimate of drug-likeness (QED) is 0.240. The van der Waals surface area contributed by atoms with Crippen LogP contribution in [0.4, 0.5) is 0 Å². The van der Waals surface area contributed by atoms with Gasteiger partial charge in [-0.1, -0.05) is 19.7 Å². The number of ether oxygens (including phenoxy) is 3. The first-order valence-electron chi connectivity index (χ1n) is 8.08. The van der Waals surface area contributed by atoms with E-state index in [1.54, 1.807) is 0 Å². The van der Waals surface area contributed by atoms with Crippen molar-refractivity contribution < 1.29 is 43.3 Å². The van der Waals surface area contributed by atoms with Gasteiger partial charge < -0.3 is 24.6 Å². The molecular weight excluding hydrogens is 374 g/mol. The number of carboxylic acids is 1. The summed E-state index contributed by atoms with van der Waals surface area (Å²) in [5, 5.41) is 11.1. The molecule has 154 valence electrons. The highest BCUT2D eigenvalue weighted by molar-refractivity contribution is 5.83. The lowest BCUT2D eigenvalue weighted by molar-refractivity contribution is -0.153. The highest BCUT2D eigenvalue weighted by Gasteiger charge is 2.37. The Labute approximate surface area is 161 Å². The molecule has 28 heavy (non-hydrogen) atoms. The van der Waals surface area contributed by atoms with Gasteiger partial charge in [0.1, 0.15) is 25.4 Å².